The summed E-state index contributed by atoms with van der Waals surface area (Å²) in [6, 6.07) is 15.9. The maximum Gasteiger partial charge on any atom is 0.191 e. The molecule has 3 rings (SSSR count). The second-order valence-corrected chi connectivity index (χ2v) is 6.93. The highest BCUT2D eigenvalue weighted by Gasteiger charge is 2.13. The number of benzene rings is 2. The van der Waals surface area contributed by atoms with E-state index in [0.29, 0.717) is 0 Å². The summed E-state index contributed by atoms with van der Waals surface area (Å²) in [6.07, 6.45) is 0. The van der Waals surface area contributed by atoms with Crippen molar-refractivity contribution >= 4 is 39.3 Å². The first kappa shape index (κ1) is 15.6. The van der Waals surface area contributed by atoms with Gasteiger partial charge in [-0.2, -0.15) is 0 Å². The second-order valence-electron chi connectivity index (χ2n) is 4.73. The van der Waals surface area contributed by atoms with E-state index in [4.69, 9.17) is 11.6 Å². The number of halogens is 2. The zero-order chi connectivity index (χ0) is 15.5. The summed E-state index contributed by atoms with van der Waals surface area (Å²) in [5.74, 6) is 1.61. The predicted octanol–water partition coefficient (Wildman–Crippen LogP) is 5.19. The third kappa shape index (κ3) is 3.21. The lowest BCUT2D eigenvalue weighted by molar-refractivity contribution is 0.793. The van der Waals surface area contributed by atoms with Crippen LogP contribution in [0.4, 0.5) is 0 Å². The molecule has 0 fully saturated rings. The van der Waals surface area contributed by atoms with E-state index in [2.05, 4.69) is 26.1 Å². The van der Waals surface area contributed by atoms with E-state index in [1.54, 1.807) is 11.8 Å². The van der Waals surface area contributed by atoms with Crippen LogP contribution in [0.1, 0.15) is 5.56 Å². The molecule has 0 aliphatic rings. The Morgan fingerprint density at radius 3 is 2.59 bits per heavy atom. The average Bonchev–Trinajstić information content (AvgIpc) is 2.88. The van der Waals surface area contributed by atoms with Crippen molar-refractivity contribution in [3.63, 3.8) is 0 Å². The minimum atomic E-state index is 0.765. The molecule has 0 radical (unpaired) electrons. The smallest absolute Gasteiger partial charge is 0.191 e. The molecule has 0 amide bonds. The Bertz CT molecular complexity index is 804. The van der Waals surface area contributed by atoms with Gasteiger partial charge < -0.3 is 4.57 Å². The van der Waals surface area contributed by atoms with E-state index in [1.165, 1.54) is 0 Å². The number of hydrogen-bond donors (Lipinski definition) is 0. The first-order valence-electron chi connectivity index (χ1n) is 6.67. The molecule has 2 aromatic carbocycles. The average molecular weight is 395 g/mol. The van der Waals surface area contributed by atoms with Crippen LogP contribution in [0, 0.1) is 0 Å². The summed E-state index contributed by atoms with van der Waals surface area (Å²) in [4.78, 5) is 0. The largest absolute Gasteiger partial charge is 0.305 e. The molecule has 6 heteroatoms. The van der Waals surface area contributed by atoms with Crippen molar-refractivity contribution in [1.29, 1.82) is 0 Å². The molecule has 0 saturated carbocycles. The summed E-state index contributed by atoms with van der Waals surface area (Å²) < 4.78 is 3.01. The van der Waals surface area contributed by atoms with E-state index in [0.717, 1.165) is 37.4 Å². The molecule has 0 atom stereocenters. The number of rotatable bonds is 4. The van der Waals surface area contributed by atoms with Gasteiger partial charge in [-0.25, -0.2) is 0 Å². The van der Waals surface area contributed by atoms with Crippen LogP contribution in [0.3, 0.4) is 0 Å². The van der Waals surface area contributed by atoms with Crippen molar-refractivity contribution in [1.82, 2.24) is 14.8 Å². The fourth-order valence-electron chi connectivity index (χ4n) is 2.08. The SMILES string of the molecule is Cn1c(SCc2ccccc2Cl)nnc1-c1ccccc1Br. The van der Waals surface area contributed by atoms with Crippen molar-refractivity contribution in [2.24, 2.45) is 7.05 Å². The first-order chi connectivity index (χ1) is 10.7. The van der Waals surface area contributed by atoms with Gasteiger partial charge in [0.15, 0.2) is 11.0 Å². The fraction of sp³-hybridized carbons (Fsp3) is 0.125. The van der Waals surface area contributed by atoms with Gasteiger partial charge in [0.2, 0.25) is 0 Å². The quantitative estimate of drug-likeness (QED) is 0.570. The van der Waals surface area contributed by atoms with Gasteiger partial charge in [-0.3, -0.25) is 0 Å². The molecule has 0 N–H and O–H groups in total. The molecule has 3 aromatic rings. The Labute approximate surface area is 146 Å². The molecule has 1 heterocycles. The molecule has 0 saturated heterocycles. The molecule has 0 spiro atoms. The van der Waals surface area contributed by atoms with Gasteiger partial charge in [-0.1, -0.05) is 75.7 Å². The maximum absolute atomic E-state index is 6.19. The highest BCUT2D eigenvalue weighted by Crippen LogP contribution is 2.30. The van der Waals surface area contributed by atoms with E-state index >= 15 is 0 Å². The highest BCUT2D eigenvalue weighted by molar-refractivity contribution is 9.10. The van der Waals surface area contributed by atoms with Crippen LogP contribution in [-0.4, -0.2) is 14.8 Å². The van der Waals surface area contributed by atoms with E-state index < -0.39 is 0 Å². The number of hydrogen-bond acceptors (Lipinski definition) is 3. The Hall–Kier alpha value is -1.30. The minimum absolute atomic E-state index is 0.765. The number of aromatic nitrogens is 3. The van der Waals surface area contributed by atoms with Gasteiger partial charge in [0, 0.05) is 27.9 Å². The maximum atomic E-state index is 6.19. The van der Waals surface area contributed by atoms with Gasteiger partial charge in [0.05, 0.1) is 0 Å². The first-order valence-corrected chi connectivity index (χ1v) is 8.83. The minimum Gasteiger partial charge on any atom is -0.305 e. The summed E-state index contributed by atoms with van der Waals surface area (Å²) in [5.41, 5.74) is 2.13. The molecule has 0 unspecified atom stereocenters. The predicted molar refractivity (Wildman–Crippen MR) is 95.2 cm³/mol. The van der Waals surface area contributed by atoms with Crippen molar-refractivity contribution in [2.45, 2.75) is 10.9 Å². The lowest BCUT2D eigenvalue weighted by Gasteiger charge is -2.06. The lowest BCUT2D eigenvalue weighted by atomic mass is 10.2. The topological polar surface area (TPSA) is 30.7 Å². The van der Waals surface area contributed by atoms with Crippen LogP contribution in [0.25, 0.3) is 11.4 Å². The highest BCUT2D eigenvalue weighted by atomic mass is 79.9. The summed E-state index contributed by atoms with van der Waals surface area (Å²) >= 11 is 11.4. The van der Waals surface area contributed by atoms with Crippen LogP contribution in [-0.2, 0) is 12.8 Å². The molecular weight excluding hydrogens is 382 g/mol. The molecule has 0 bridgehead atoms. The molecule has 112 valence electrons. The van der Waals surface area contributed by atoms with Gasteiger partial charge >= 0.3 is 0 Å². The van der Waals surface area contributed by atoms with E-state index in [1.807, 2.05) is 60.1 Å². The normalized spacial score (nSPS) is 10.9. The molecule has 0 aliphatic heterocycles. The van der Waals surface area contributed by atoms with Crippen LogP contribution >= 0.6 is 39.3 Å². The fourth-order valence-corrected chi connectivity index (χ4v) is 3.73. The summed E-state index contributed by atoms with van der Waals surface area (Å²) in [7, 11) is 1.98. The Kier molecular flexibility index (Phi) is 4.86. The zero-order valence-corrected chi connectivity index (χ0v) is 15.0. The zero-order valence-electron chi connectivity index (χ0n) is 11.8. The van der Waals surface area contributed by atoms with Crippen LogP contribution in [0.5, 0.6) is 0 Å². The van der Waals surface area contributed by atoms with Gasteiger partial charge in [0.25, 0.3) is 0 Å². The Morgan fingerprint density at radius 2 is 1.82 bits per heavy atom. The molecule has 0 aliphatic carbocycles. The molecule has 3 nitrogen and oxygen atoms in total. The van der Waals surface area contributed by atoms with Crippen molar-refractivity contribution in [3.05, 3.63) is 63.6 Å². The molecular formula is C16H13BrClN3S. The van der Waals surface area contributed by atoms with Gasteiger partial charge in [0.1, 0.15) is 0 Å². The van der Waals surface area contributed by atoms with Crippen LogP contribution in [0.2, 0.25) is 5.02 Å². The second kappa shape index (κ2) is 6.86. The van der Waals surface area contributed by atoms with E-state index in [9.17, 15) is 0 Å². The van der Waals surface area contributed by atoms with Gasteiger partial charge in [-0.05, 0) is 17.7 Å². The van der Waals surface area contributed by atoms with E-state index in [-0.39, 0.29) is 0 Å². The van der Waals surface area contributed by atoms with Crippen molar-refractivity contribution < 1.29 is 0 Å². The van der Waals surface area contributed by atoms with Gasteiger partial charge in [-0.15, -0.1) is 10.2 Å². The monoisotopic (exact) mass is 393 g/mol. The number of thioether (sulfide) groups is 1. The Balaban J connectivity index is 1.83. The Morgan fingerprint density at radius 1 is 1.09 bits per heavy atom. The van der Waals surface area contributed by atoms with Crippen molar-refractivity contribution in [2.75, 3.05) is 0 Å². The third-order valence-corrected chi connectivity index (χ3v) is 5.39. The van der Waals surface area contributed by atoms with Crippen LogP contribution < -0.4 is 0 Å². The lowest BCUT2D eigenvalue weighted by Crippen LogP contribution is -1.95. The third-order valence-electron chi connectivity index (χ3n) is 3.26. The summed E-state index contributed by atoms with van der Waals surface area (Å²) in [6.45, 7) is 0. The molecule has 1 aromatic heterocycles. The summed E-state index contributed by atoms with van der Waals surface area (Å²) in [5, 5.41) is 10.2. The number of nitrogens with zero attached hydrogens (tertiary/aromatic N) is 3. The molecule has 22 heavy (non-hydrogen) atoms. The standard InChI is InChI=1S/C16H13BrClN3S/c1-21-15(12-7-3-4-8-13(12)17)19-20-16(21)22-10-11-6-2-5-9-14(11)18/h2-9H,10H2,1H3. The van der Waals surface area contributed by atoms with Crippen LogP contribution in [0.15, 0.2) is 58.2 Å². The van der Waals surface area contributed by atoms with Crippen molar-refractivity contribution in [3.8, 4) is 11.4 Å².